The van der Waals surface area contributed by atoms with Gasteiger partial charge < -0.3 is 9.84 Å². The van der Waals surface area contributed by atoms with Crippen LogP contribution >= 0.6 is 0 Å². The molecule has 0 aliphatic carbocycles. The highest BCUT2D eigenvalue weighted by molar-refractivity contribution is 5.98. The van der Waals surface area contributed by atoms with Crippen molar-refractivity contribution in [3.63, 3.8) is 0 Å². The van der Waals surface area contributed by atoms with Crippen molar-refractivity contribution in [3.8, 4) is 0 Å². The summed E-state index contributed by atoms with van der Waals surface area (Å²) in [5, 5.41) is 11.3. The summed E-state index contributed by atoms with van der Waals surface area (Å²) in [6.45, 7) is 6.39. The van der Waals surface area contributed by atoms with E-state index in [1.165, 1.54) is 18.2 Å². The van der Waals surface area contributed by atoms with Crippen molar-refractivity contribution in [1.82, 2.24) is 14.9 Å². The molecule has 1 N–H and O–H groups in total. The highest BCUT2D eigenvalue weighted by atomic mass is 19.1. The first kappa shape index (κ1) is 15.2. The molecule has 0 bridgehead atoms. The molecule has 1 amide bonds. The van der Waals surface area contributed by atoms with Crippen LogP contribution in [0, 0.1) is 26.6 Å². The van der Waals surface area contributed by atoms with Gasteiger partial charge in [-0.2, -0.15) is 5.10 Å². The van der Waals surface area contributed by atoms with E-state index in [9.17, 15) is 9.18 Å². The van der Waals surface area contributed by atoms with Crippen molar-refractivity contribution in [1.29, 1.82) is 0 Å². The van der Waals surface area contributed by atoms with Gasteiger partial charge >= 0.3 is 0 Å². The molecule has 0 saturated carbocycles. The largest absolute Gasteiger partial charge is 0.354 e. The Balaban J connectivity index is 1.69. The summed E-state index contributed by atoms with van der Waals surface area (Å²) in [5.74, 6) is -0.405. The number of nitrogens with one attached hydrogen (secondary N) is 1. The monoisotopic (exact) mass is 316 g/mol. The normalized spacial score (nSPS) is 11.1. The topological polar surface area (TPSA) is 73.0 Å². The summed E-state index contributed by atoms with van der Waals surface area (Å²) in [6, 6.07) is 4.04. The van der Waals surface area contributed by atoms with Crippen LogP contribution in [0.4, 0.5) is 10.2 Å². The molecule has 0 aliphatic heterocycles. The van der Waals surface area contributed by atoms with Crippen molar-refractivity contribution < 1.29 is 13.7 Å². The maximum absolute atomic E-state index is 13.3. The lowest BCUT2D eigenvalue weighted by Gasteiger charge is -2.05. The van der Waals surface area contributed by atoms with Crippen LogP contribution in [0.1, 0.15) is 23.4 Å². The average Bonchev–Trinajstić information content (AvgIpc) is 3.01. The van der Waals surface area contributed by atoms with Crippen LogP contribution in [0.5, 0.6) is 0 Å². The average molecular weight is 316 g/mol. The smallest absolute Gasteiger partial charge is 0.227 e. The number of rotatable bonds is 4. The summed E-state index contributed by atoms with van der Waals surface area (Å²) < 4.78 is 20.2. The van der Waals surface area contributed by atoms with Crippen LogP contribution in [0.3, 0.4) is 0 Å². The number of aromatic nitrogens is 3. The minimum Gasteiger partial charge on any atom is -0.354 e. The van der Waals surface area contributed by atoms with Gasteiger partial charge in [-0.1, -0.05) is 5.16 Å². The molecule has 2 heterocycles. The summed E-state index contributed by atoms with van der Waals surface area (Å²) >= 11 is 0. The molecule has 7 heteroatoms. The molecular weight excluding hydrogens is 299 g/mol. The molecular formula is C16H17FN4O2. The van der Waals surface area contributed by atoms with Crippen LogP contribution in [0.25, 0.3) is 11.0 Å². The SMILES string of the molecule is Cc1nn(CCC(=O)Nc2noc3ccc(F)cc23)c(C)c1C. The van der Waals surface area contributed by atoms with Gasteiger partial charge in [-0.05, 0) is 44.5 Å². The molecule has 3 aromatic rings. The second kappa shape index (κ2) is 5.83. The van der Waals surface area contributed by atoms with Gasteiger partial charge in [0.2, 0.25) is 5.91 Å². The minimum atomic E-state index is -0.408. The van der Waals surface area contributed by atoms with E-state index in [0.29, 0.717) is 17.5 Å². The van der Waals surface area contributed by atoms with Crippen LogP contribution in [-0.2, 0) is 11.3 Å². The molecule has 6 nitrogen and oxygen atoms in total. The highest BCUT2D eigenvalue weighted by Gasteiger charge is 2.13. The Morgan fingerprint density at radius 1 is 1.35 bits per heavy atom. The number of benzene rings is 1. The number of amides is 1. The molecule has 0 fully saturated rings. The van der Waals surface area contributed by atoms with Crippen molar-refractivity contribution in [2.45, 2.75) is 33.7 Å². The molecule has 0 saturated heterocycles. The van der Waals surface area contributed by atoms with Gasteiger partial charge in [0.15, 0.2) is 11.4 Å². The molecule has 0 aliphatic rings. The van der Waals surface area contributed by atoms with E-state index >= 15 is 0 Å². The summed E-state index contributed by atoms with van der Waals surface area (Å²) in [4.78, 5) is 12.1. The third-order valence-corrected chi connectivity index (χ3v) is 3.98. The molecule has 0 atom stereocenters. The fourth-order valence-corrected chi connectivity index (χ4v) is 2.41. The molecule has 3 rings (SSSR count). The quantitative estimate of drug-likeness (QED) is 0.802. The summed E-state index contributed by atoms with van der Waals surface area (Å²) in [7, 11) is 0. The Morgan fingerprint density at radius 3 is 2.83 bits per heavy atom. The fraction of sp³-hybridized carbons (Fsp3) is 0.312. The van der Waals surface area contributed by atoms with E-state index in [2.05, 4.69) is 15.6 Å². The summed E-state index contributed by atoms with van der Waals surface area (Å²) in [5.41, 5.74) is 3.56. The Kier molecular flexibility index (Phi) is 3.85. The number of anilines is 1. The highest BCUT2D eigenvalue weighted by Crippen LogP contribution is 2.23. The lowest BCUT2D eigenvalue weighted by atomic mass is 10.2. The molecule has 0 spiro atoms. The minimum absolute atomic E-state index is 0.227. The Labute approximate surface area is 132 Å². The zero-order valence-electron chi connectivity index (χ0n) is 13.2. The van der Waals surface area contributed by atoms with Gasteiger partial charge in [-0.3, -0.25) is 9.48 Å². The number of aryl methyl sites for hydroxylation is 2. The van der Waals surface area contributed by atoms with Crippen molar-refractivity contribution in [2.24, 2.45) is 0 Å². The van der Waals surface area contributed by atoms with Gasteiger partial charge in [0.1, 0.15) is 5.82 Å². The first-order chi connectivity index (χ1) is 11.0. The Bertz CT molecular complexity index is 882. The predicted octanol–water partition coefficient (Wildman–Crippen LogP) is 3.12. The first-order valence-corrected chi connectivity index (χ1v) is 7.31. The van der Waals surface area contributed by atoms with Crippen LogP contribution in [0.15, 0.2) is 22.7 Å². The lowest BCUT2D eigenvalue weighted by Crippen LogP contribution is -2.16. The van der Waals surface area contributed by atoms with E-state index in [4.69, 9.17) is 4.52 Å². The first-order valence-electron chi connectivity index (χ1n) is 7.31. The van der Waals surface area contributed by atoms with E-state index in [1.54, 1.807) is 0 Å². The van der Waals surface area contributed by atoms with E-state index in [-0.39, 0.29) is 18.1 Å². The second-order valence-corrected chi connectivity index (χ2v) is 5.49. The number of carbonyl (C=O) groups excluding carboxylic acids is 1. The van der Waals surface area contributed by atoms with Crippen molar-refractivity contribution in [3.05, 3.63) is 41.0 Å². The molecule has 120 valence electrons. The molecule has 2 aromatic heterocycles. The lowest BCUT2D eigenvalue weighted by molar-refractivity contribution is -0.116. The standard InChI is InChI=1S/C16H17FN4O2/c1-9-10(2)19-21(11(9)3)7-6-15(22)18-16-13-8-12(17)4-5-14(13)23-20-16/h4-5,8H,6-7H2,1-3H3,(H,18,20,22). The second-order valence-electron chi connectivity index (χ2n) is 5.49. The summed E-state index contributed by atoms with van der Waals surface area (Å²) in [6.07, 6.45) is 0.241. The molecule has 23 heavy (non-hydrogen) atoms. The van der Waals surface area contributed by atoms with Crippen LogP contribution < -0.4 is 5.32 Å². The number of halogens is 1. The van der Waals surface area contributed by atoms with Gasteiger partial charge in [0, 0.05) is 18.7 Å². The van der Waals surface area contributed by atoms with E-state index < -0.39 is 5.82 Å². The zero-order valence-corrected chi connectivity index (χ0v) is 13.2. The number of fused-ring (bicyclic) bond motifs is 1. The van der Waals surface area contributed by atoms with Crippen molar-refractivity contribution in [2.75, 3.05) is 5.32 Å². The van der Waals surface area contributed by atoms with Gasteiger partial charge in [-0.15, -0.1) is 0 Å². The number of carbonyl (C=O) groups is 1. The molecule has 0 unspecified atom stereocenters. The van der Waals surface area contributed by atoms with E-state index in [1.807, 2.05) is 25.5 Å². The zero-order chi connectivity index (χ0) is 16.6. The molecule has 0 radical (unpaired) electrons. The fourth-order valence-electron chi connectivity index (χ4n) is 2.41. The van der Waals surface area contributed by atoms with Gasteiger partial charge in [-0.25, -0.2) is 4.39 Å². The van der Waals surface area contributed by atoms with Crippen molar-refractivity contribution >= 4 is 22.7 Å². The Morgan fingerprint density at radius 2 is 2.13 bits per heavy atom. The van der Waals surface area contributed by atoms with Crippen LogP contribution in [0.2, 0.25) is 0 Å². The predicted molar refractivity (Wildman–Crippen MR) is 83.7 cm³/mol. The number of nitrogens with zero attached hydrogens (tertiary/aromatic N) is 3. The van der Waals surface area contributed by atoms with E-state index in [0.717, 1.165) is 17.0 Å². The Hall–Kier alpha value is -2.70. The third kappa shape index (κ3) is 2.94. The third-order valence-electron chi connectivity index (χ3n) is 3.98. The molecule has 1 aromatic carbocycles. The van der Waals surface area contributed by atoms with Gasteiger partial charge in [0.05, 0.1) is 11.1 Å². The van der Waals surface area contributed by atoms with Crippen LogP contribution in [-0.4, -0.2) is 20.8 Å². The number of hydrogen-bond donors (Lipinski definition) is 1. The maximum atomic E-state index is 13.3. The number of hydrogen-bond acceptors (Lipinski definition) is 4. The van der Waals surface area contributed by atoms with Gasteiger partial charge in [0.25, 0.3) is 0 Å². The maximum Gasteiger partial charge on any atom is 0.227 e.